The van der Waals surface area contributed by atoms with E-state index in [-0.39, 0.29) is 0 Å². The van der Waals surface area contributed by atoms with E-state index in [9.17, 15) is 0 Å². The van der Waals surface area contributed by atoms with Gasteiger partial charge in [-0.1, -0.05) is 30.5 Å². The quantitative estimate of drug-likeness (QED) is 0.868. The molecule has 1 aliphatic rings. The van der Waals surface area contributed by atoms with Gasteiger partial charge in [-0.2, -0.15) is 0 Å². The fourth-order valence-corrected chi connectivity index (χ4v) is 3.15. The highest BCUT2D eigenvalue weighted by atomic mass is 16.5. The number of nitrogens with two attached hydrogens (primary N) is 1. The van der Waals surface area contributed by atoms with Crippen LogP contribution in [0.4, 0.5) is 0 Å². The molecule has 1 aromatic rings. The number of benzene rings is 1. The number of rotatable bonds is 6. The molecular weight excluding hydrogens is 250 g/mol. The first-order chi connectivity index (χ1) is 9.74. The molecular formula is C17H27NO2. The second kappa shape index (κ2) is 7.65. The molecule has 2 rings (SSSR count). The van der Waals surface area contributed by atoms with Crippen molar-refractivity contribution in [1.82, 2.24) is 0 Å². The largest absolute Gasteiger partial charge is 0.496 e. The molecule has 20 heavy (non-hydrogen) atoms. The van der Waals surface area contributed by atoms with Gasteiger partial charge in [0.1, 0.15) is 5.75 Å². The van der Waals surface area contributed by atoms with Crippen molar-refractivity contribution in [3.05, 3.63) is 29.3 Å². The molecule has 3 nitrogen and oxygen atoms in total. The van der Waals surface area contributed by atoms with Gasteiger partial charge in [-0.3, -0.25) is 0 Å². The van der Waals surface area contributed by atoms with Gasteiger partial charge in [0.25, 0.3) is 0 Å². The Labute approximate surface area is 122 Å². The van der Waals surface area contributed by atoms with E-state index in [1.54, 1.807) is 7.11 Å². The van der Waals surface area contributed by atoms with Crippen LogP contribution in [0.3, 0.4) is 0 Å². The van der Waals surface area contributed by atoms with Gasteiger partial charge in [-0.25, -0.2) is 0 Å². The molecule has 0 spiro atoms. The summed E-state index contributed by atoms with van der Waals surface area (Å²) in [6, 6.07) is 6.21. The van der Waals surface area contributed by atoms with E-state index in [2.05, 4.69) is 19.1 Å². The fourth-order valence-electron chi connectivity index (χ4n) is 3.15. The molecule has 112 valence electrons. The molecule has 0 radical (unpaired) electrons. The van der Waals surface area contributed by atoms with E-state index < -0.39 is 0 Å². The highest BCUT2D eigenvalue weighted by molar-refractivity contribution is 5.36. The molecule has 3 heteroatoms. The van der Waals surface area contributed by atoms with Crippen LogP contribution in [-0.4, -0.2) is 20.3 Å². The van der Waals surface area contributed by atoms with Crippen molar-refractivity contribution in [3.63, 3.8) is 0 Å². The maximum absolute atomic E-state index is 5.95. The Bertz CT molecular complexity index is 419. The van der Waals surface area contributed by atoms with Crippen LogP contribution in [0.1, 0.15) is 36.8 Å². The minimum absolute atomic E-state index is 0.624. The molecule has 0 saturated heterocycles. The zero-order chi connectivity index (χ0) is 14.4. The number of hydrogen-bond donors (Lipinski definition) is 1. The number of aryl methyl sites for hydroxylation is 1. The Balaban J connectivity index is 1.87. The summed E-state index contributed by atoms with van der Waals surface area (Å²) in [7, 11) is 1.71. The normalized spacial score (nSPS) is 22.8. The van der Waals surface area contributed by atoms with E-state index in [1.807, 2.05) is 6.07 Å². The van der Waals surface area contributed by atoms with Gasteiger partial charge in [0.15, 0.2) is 0 Å². The highest BCUT2D eigenvalue weighted by Gasteiger charge is 2.23. The average molecular weight is 277 g/mol. The first kappa shape index (κ1) is 15.3. The molecule has 0 bridgehead atoms. The standard InChI is InChI=1S/C17H27NO2/c1-13-7-8-17(19-2)16(9-13)12-20-11-15-6-4-3-5-14(15)10-18/h7-9,14-15H,3-6,10-12,18H2,1-2H3. The zero-order valence-electron chi connectivity index (χ0n) is 12.7. The first-order valence-electron chi connectivity index (χ1n) is 7.66. The molecule has 0 aromatic heterocycles. The van der Waals surface area contributed by atoms with E-state index in [1.165, 1.54) is 31.2 Å². The molecule has 0 heterocycles. The lowest BCUT2D eigenvalue weighted by Crippen LogP contribution is -2.29. The summed E-state index contributed by atoms with van der Waals surface area (Å²) in [6.45, 7) is 4.33. The third-order valence-electron chi connectivity index (χ3n) is 4.39. The Morgan fingerprint density at radius 3 is 2.65 bits per heavy atom. The maximum atomic E-state index is 5.95. The molecule has 0 aliphatic heterocycles. The van der Waals surface area contributed by atoms with Crippen LogP contribution >= 0.6 is 0 Å². The van der Waals surface area contributed by atoms with Crippen molar-refractivity contribution in [2.75, 3.05) is 20.3 Å². The number of methoxy groups -OCH3 is 1. The third kappa shape index (κ3) is 3.97. The lowest BCUT2D eigenvalue weighted by Gasteiger charge is -2.30. The van der Waals surface area contributed by atoms with E-state index in [0.29, 0.717) is 18.4 Å². The van der Waals surface area contributed by atoms with Crippen LogP contribution in [0.2, 0.25) is 0 Å². The predicted octanol–water partition coefficient (Wildman–Crippen LogP) is 3.29. The summed E-state index contributed by atoms with van der Waals surface area (Å²) in [5, 5.41) is 0. The SMILES string of the molecule is COc1ccc(C)cc1COCC1CCCCC1CN. The average Bonchev–Trinajstić information content (AvgIpc) is 2.48. The van der Waals surface area contributed by atoms with Gasteiger partial charge < -0.3 is 15.2 Å². The minimum Gasteiger partial charge on any atom is -0.496 e. The number of hydrogen-bond acceptors (Lipinski definition) is 3. The van der Waals surface area contributed by atoms with E-state index in [4.69, 9.17) is 15.2 Å². The Morgan fingerprint density at radius 2 is 1.95 bits per heavy atom. The van der Waals surface area contributed by atoms with Crippen LogP contribution in [0, 0.1) is 18.8 Å². The molecule has 2 atom stereocenters. The molecule has 1 saturated carbocycles. The van der Waals surface area contributed by atoms with Gasteiger partial charge in [0, 0.05) is 5.56 Å². The summed E-state index contributed by atoms with van der Waals surface area (Å²) in [5.74, 6) is 2.18. The Hall–Kier alpha value is -1.06. The fraction of sp³-hybridized carbons (Fsp3) is 0.647. The summed E-state index contributed by atoms with van der Waals surface area (Å²) in [4.78, 5) is 0. The Morgan fingerprint density at radius 1 is 1.20 bits per heavy atom. The minimum atomic E-state index is 0.624. The van der Waals surface area contributed by atoms with Crippen LogP contribution in [0.15, 0.2) is 18.2 Å². The van der Waals surface area contributed by atoms with Gasteiger partial charge in [0.05, 0.1) is 20.3 Å². The lowest BCUT2D eigenvalue weighted by atomic mass is 9.80. The van der Waals surface area contributed by atoms with Crippen molar-refractivity contribution < 1.29 is 9.47 Å². The maximum Gasteiger partial charge on any atom is 0.124 e. The van der Waals surface area contributed by atoms with Gasteiger partial charge >= 0.3 is 0 Å². The topological polar surface area (TPSA) is 44.5 Å². The lowest BCUT2D eigenvalue weighted by molar-refractivity contribution is 0.0503. The van der Waals surface area contributed by atoms with Gasteiger partial charge in [-0.15, -0.1) is 0 Å². The molecule has 2 unspecified atom stereocenters. The zero-order valence-corrected chi connectivity index (χ0v) is 12.7. The van der Waals surface area contributed by atoms with Crippen LogP contribution < -0.4 is 10.5 Å². The van der Waals surface area contributed by atoms with Crippen molar-refractivity contribution in [2.45, 2.75) is 39.2 Å². The van der Waals surface area contributed by atoms with Crippen molar-refractivity contribution in [1.29, 1.82) is 0 Å². The van der Waals surface area contributed by atoms with Gasteiger partial charge in [-0.05, 0) is 44.2 Å². The molecule has 1 aromatic carbocycles. The second-order valence-corrected chi connectivity index (χ2v) is 5.87. The summed E-state index contributed by atoms with van der Waals surface area (Å²) < 4.78 is 11.3. The molecule has 1 aliphatic carbocycles. The van der Waals surface area contributed by atoms with E-state index >= 15 is 0 Å². The van der Waals surface area contributed by atoms with Crippen LogP contribution in [0.5, 0.6) is 5.75 Å². The highest BCUT2D eigenvalue weighted by Crippen LogP contribution is 2.30. The Kier molecular flexibility index (Phi) is 5.86. The molecule has 1 fully saturated rings. The predicted molar refractivity (Wildman–Crippen MR) is 81.9 cm³/mol. The van der Waals surface area contributed by atoms with Crippen molar-refractivity contribution >= 4 is 0 Å². The van der Waals surface area contributed by atoms with Crippen LogP contribution in [0.25, 0.3) is 0 Å². The second-order valence-electron chi connectivity index (χ2n) is 5.87. The van der Waals surface area contributed by atoms with Gasteiger partial charge in [0.2, 0.25) is 0 Å². The van der Waals surface area contributed by atoms with Crippen molar-refractivity contribution in [2.24, 2.45) is 17.6 Å². The summed E-state index contributed by atoms with van der Waals surface area (Å²) >= 11 is 0. The molecule has 2 N–H and O–H groups in total. The summed E-state index contributed by atoms with van der Waals surface area (Å²) in [6.07, 6.45) is 5.16. The van der Waals surface area contributed by atoms with E-state index in [0.717, 1.165) is 24.5 Å². The summed E-state index contributed by atoms with van der Waals surface area (Å²) in [5.41, 5.74) is 8.24. The molecule has 0 amide bonds. The number of ether oxygens (including phenoxy) is 2. The monoisotopic (exact) mass is 277 g/mol. The van der Waals surface area contributed by atoms with Crippen molar-refractivity contribution in [3.8, 4) is 5.75 Å². The smallest absolute Gasteiger partial charge is 0.124 e. The third-order valence-corrected chi connectivity index (χ3v) is 4.39. The first-order valence-corrected chi connectivity index (χ1v) is 7.66. The van der Waals surface area contributed by atoms with Crippen LogP contribution in [-0.2, 0) is 11.3 Å².